The lowest BCUT2D eigenvalue weighted by molar-refractivity contribution is -0.137. The fourth-order valence-corrected chi connectivity index (χ4v) is 1.84. The van der Waals surface area contributed by atoms with Gasteiger partial charge in [0.05, 0.1) is 0 Å². The SMILES string of the molecule is CCC(CC)C(C)NC(=O)CCCC(=O)O. The fraction of sp³-hybridized carbons (Fsp3) is 0.833. The van der Waals surface area contributed by atoms with Gasteiger partial charge in [0, 0.05) is 18.9 Å². The van der Waals surface area contributed by atoms with E-state index in [2.05, 4.69) is 19.2 Å². The van der Waals surface area contributed by atoms with Gasteiger partial charge in [0.1, 0.15) is 0 Å². The minimum Gasteiger partial charge on any atom is -0.481 e. The Morgan fingerprint density at radius 3 is 2.19 bits per heavy atom. The number of nitrogens with one attached hydrogen (secondary N) is 1. The van der Waals surface area contributed by atoms with Crippen LogP contribution in [0.1, 0.15) is 52.9 Å². The van der Waals surface area contributed by atoms with Crippen LogP contribution in [0.3, 0.4) is 0 Å². The normalized spacial score (nSPS) is 12.5. The highest BCUT2D eigenvalue weighted by atomic mass is 16.4. The molecule has 0 aromatic carbocycles. The molecule has 16 heavy (non-hydrogen) atoms. The summed E-state index contributed by atoms with van der Waals surface area (Å²) in [6, 6.07) is 0.173. The summed E-state index contributed by atoms with van der Waals surface area (Å²) < 4.78 is 0. The monoisotopic (exact) mass is 229 g/mol. The van der Waals surface area contributed by atoms with E-state index in [9.17, 15) is 9.59 Å². The maximum absolute atomic E-state index is 11.5. The molecule has 0 aromatic rings. The molecule has 4 nitrogen and oxygen atoms in total. The first-order chi connectivity index (χ1) is 7.51. The van der Waals surface area contributed by atoms with Crippen molar-refractivity contribution < 1.29 is 14.7 Å². The number of carbonyl (C=O) groups excluding carboxylic acids is 1. The molecule has 0 radical (unpaired) electrons. The van der Waals surface area contributed by atoms with Crippen molar-refractivity contribution in [1.82, 2.24) is 5.32 Å². The van der Waals surface area contributed by atoms with Crippen LogP contribution in [0.15, 0.2) is 0 Å². The Labute approximate surface area is 97.4 Å². The summed E-state index contributed by atoms with van der Waals surface area (Å²) in [4.78, 5) is 21.7. The van der Waals surface area contributed by atoms with Gasteiger partial charge in [-0.3, -0.25) is 9.59 Å². The molecule has 1 atom stereocenters. The van der Waals surface area contributed by atoms with E-state index in [1.54, 1.807) is 0 Å². The van der Waals surface area contributed by atoms with E-state index in [1.807, 2.05) is 6.92 Å². The summed E-state index contributed by atoms with van der Waals surface area (Å²) in [6.45, 7) is 6.23. The van der Waals surface area contributed by atoms with Crippen molar-refractivity contribution in [2.24, 2.45) is 5.92 Å². The first-order valence-corrected chi connectivity index (χ1v) is 6.02. The predicted molar refractivity (Wildman–Crippen MR) is 63.2 cm³/mol. The summed E-state index contributed by atoms with van der Waals surface area (Å²) in [5, 5.41) is 11.4. The molecule has 0 aliphatic rings. The lowest BCUT2D eigenvalue weighted by Gasteiger charge is -2.22. The van der Waals surface area contributed by atoms with Crippen LogP contribution in [0.5, 0.6) is 0 Å². The van der Waals surface area contributed by atoms with Gasteiger partial charge in [-0.25, -0.2) is 0 Å². The van der Waals surface area contributed by atoms with Crippen molar-refractivity contribution in [2.75, 3.05) is 0 Å². The number of aliphatic carboxylic acids is 1. The number of hydrogen-bond donors (Lipinski definition) is 2. The van der Waals surface area contributed by atoms with E-state index in [0.29, 0.717) is 18.8 Å². The van der Waals surface area contributed by atoms with Crippen LogP contribution in [0.2, 0.25) is 0 Å². The molecule has 0 fully saturated rings. The van der Waals surface area contributed by atoms with Gasteiger partial charge in [-0.1, -0.05) is 26.7 Å². The molecule has 94 valence electrons. The Balaban J connectivity index is 3.81. The summed E-state index contributed by atoms with van der Waals surface area (Å²) in [5.74, 6) is -0.384. The Morgan fingerprint density at radius 2 is 1.75 bits per heavy atom. The zero-order chi connectivity index (χ0) is 12.6. The lowest BCUT2D eigenvalue weighted by Crippen LogP contribution is -2.37. The van der Waals surface area contributed by atoms with Gasteiger partial charge in [-0.2, -0.15) is 0 Å². The van der Waals surface area contributed by atoms with E-state index in [1.165, 1.54) is 0 Å². The van der Waals surface area contributed by atoms with Crippen LogP contribution >= 0.6 is 0 Å². The van der Waals surface area contributed by atoms with Gasteiger partial charge in [-0.05, 0) is 19.3 Å². The molecule has 1 unspecified atom stereocenters. The van der Waals surface area contributed by atoms with Crippen LogP contribution in [-0.4, -0.2) is 23.0 Å². The Hall–Kier alpha value is -1.06. The molecule has 0 rings (SSSR count). The zero-order valence-electron chi connectivity index (χ0n) is 10.5. The second-order valence-corrected chi connectivity index (χ2v) is 4.18. The molecule has 0 bridgehead atoms. The molecular weight excluding hydrogens is 206 g/mol. The minimum absolute atomic E-state index is 0.0411. The Kier molecular flexibility index (Phi) is 7.60. The first kappa shape index (κ1) is 14.9. The van der Waals surface area contributed by atoms with E-state index < -0.39 is 5.97 Å². The number of carbonyl (C=O) groups is 2. The largest absolute Gasteiger partial charge is 0.481 e. The number of carboxylic acid groups (broad SMARTS) is 1. The first-order valence-electron chi connectivity index (χ1n) is 6.02. The molecule has 0 aliphatic carbocycles. The highest BCUT2D eigenvalue weighted by molar-refractivity contribution is 5.77. The smallest absolute Gasteiger partial charge is 0.303 e. The average Bonchev–Trinajstić information content (AvgIpc) is 2.18. The topological polar surface area (TPSA) is 66.4 Å². The molecule has 0 heterocycles. The van der Waals surface area contributed by atoms with Crippen molar-refractivity contribution in [2.45, 2.75) is 58.9 Å². The number of rotatable bonds is 8. The quantitative estimate of drug-likeness (QED) is 0.670. The van der Waals surface area contributed by atoms with Crippen molar-refractivity contribution in [1.29, 1.82) is 0 Å². The van der Waals surface area contributed by atoms with Crippen molar-refractivity contribution in [3.63, 3.8) is 0 Å². The van der Waals surface area contributed by atoms with E-state index in [0.717, 1.165) is 12.8 Å². The predicted octanol–water partition coefficient (Wildman–Crippen LogP) is 2.18. The summed E-state index contributed by atoms with van der Waals surface area (Å²) in [5.41, 5.74) is 0. The second kappa shape index (κ2) is 8.13. The van der Waals surface area contributed by atoms with E-state index >= 15 is 0 Å². The molecule has 0 saturated carbocycles. The highest BCUT2D eigenvalue weighted by Gasteiger charge is 2.15. The molecule has 2 N–H and O–H groups in total. The van der Waals surface area contributed by atoms with Gasteiger partial charge in [-0.15, -0.1) is 0 Å². The van der Waals surface area contributed by atoms with Crippen LogP contribution in [0, 0.1) is 5.92 Å². The number of amides is 1. The van der Waals surface area contributed by atoms with Crippen molar-refractivity contribution >= 4 is 11.9 Å². The van der Waals surface area contributed by atoms with Crippen LogP contribution in [0.4, 0.5) is 0 Å². The second-order valence-electron chi connectivity index (χ2n) is 4.18. The van der Waals surface area contributed by atoms with Crippen LogP contribution in [-0.2, 0) is 9.59 Å². The Morgan fingerprint density at radius 1 is 1.19 bits per heavy atom. The third-order valence-corrected chi connectivity index (χ3v) is 2.94. The molecule has 0 spiro atoms. The van der Waals surface area contributed by atoms with Gasteiger partial charge in [0.25, 0.3) is 0 Å². The van der Waals surface area contributed by atoms with Crippen molar-refractivity contribution in [3.05, 3.63) is 0 Å². The molecule has 0 aromatic heterocycles. The van der Waals surface area contributed by atoms with Crippen molar-refractivity contribution in [3.8, 4) is 0 Å². The molecule has 0 saturated heterocycles. The zero-order valence-corrected chi connectivity index (χ0v) is 10.5. The summed E-state index contributed by atoms with van der Waals surface area (Å²) in [7, 11) is 0. The fourth-order valence-electron chi connectivity index (χ4n) is 1.84. The van der Waals surface area contributed by atoms with Gasteiger partial charge < -0.3 is 10.4 Å². The third kappa shape index (κ3) is 6.43. The summed E-state index contributed by atoms with van der Waals surface area (Å²) in [6.07, 6.45) is 2.88. The van der Waals surface area contributed by atoms with E-state index in [4.69, 9.17) is 5.11 Å². The summed E-state index contributed by atoms with van der Waals surface area (Å²) >= 11 is 0. The third-order valence-electron chi connectivity index (χ3n) is 2.94. The minimum atomic E-state index is -0.846. The van der Waals surface area contributed by atoms with Crippen LogP contribution < -0.4 is 5.32 Å². The average molecular weight is 229 g/mol. The molecule has 1 amide bonds. The maximum Gasteiger partial charge on any atom is 0.303 e. The Bertz CT molecular complexity index is 224. The van der Waals surface area contributed by atoms with Gasteiger partial charge in [0.15, 0.2) is 0 Å². The van der Waals surface area contributed by atoms with Gasteiger partial charge in [0.2, 0.25) is 5.91 Å². The number of hydrogen-bond acceptors (Lipinski definition) is 2. The number of carboxylic acids is 1. The van der Waals surface area contributed by atoms with E-state index in [-0.39, 0.29) is 18.4 Å². The molecular formula is C12H23NO3. The standard InChI is InChI=1S/C12H23NO3/c1-4-10(5-2)9(3)13-11(14)7-6-8-12(15)16/h9-10H,4-8H2,1-3H3,(H,13,14)(H,15,16). The van der Waals surface area contributed by atoms with Gasteiger partial charge >= 0.3 is 5.97 Å². The highest BCUT2D eigenvalue weighted by Crippen LogP contribution is 2.12. The molecule has 4 heteroatoms. The molecule has 0 aliphatic heterocycles. The maximum atomic E-state index is 11.5. The van der Waals surface area contributed by atoms with Crippen LogP contribution in [0.25, 0.3) is 0 Å². The lowest BCUT2D eigenvalue weighted by atomic mass is 9.95.